The highest BCUT2D eigenvalue weighted by molar-refractivity contribution is 5.21. The van der Waals surface area contributed by atoms with Crippen molar-refractivity contribution in [2.45, 2.75) is 6.54 Å². The second-order valence-electron chi connectivity index (χ2n) is 2.82. The molecule has 4 heteroatoms. The Morgan fingerprint density at radius 3 is 2.71 bits per heavy atom. The van der Waals surface area contributed by atoms with Crippen LogP contribution in [0.3, 0.4) is 0 Å². The summed E-state index contributed by atoms with van der Waals surface area (Å²) in [5.74, 6) is 0.612. The number of azo groups is 1. The Hall–Kier alpha value is -1.97. The second-order valence-corrected chi connectivity index (χ2v) is 2.82. The zero-order chi connectivity index (χ0) is 9.64. The first-order chi connectivity index (χ1) is 6.95. The minimum atomic E-state index is 0.591. The molecule has 0 atom stereocenters. The van der Waals surface area contributed by atoms with Crippen molar-refractivity contribution < 1.29 is 0 Å². The number of hydrogen-bond donors (Lipinski definition) is 1. The summed E-state index contributed by atoms with van der Waals surface area (Å²) in [6.45, 7) is 0.591. The van der Waals surface area contributed by atoms with Gasteiger partial charge in [0.2, 0.25) is 0 Å². The van der Waals surface area contributed by atoms with E-state index >= 15 is 0 Å². The molecule has 0 aliphatic heterocycles. The quantitative estimate of drug-likeness (QED) is 0.736. The van der Waals surface area contributed by atoms with E-state index in [9.17, 15) is 0 Å². The third kappa shape index (κ3) is 2.26. The fraction of sp³-hybridized carbons (Fsp3) is 0.100. The molecule has 0 bridgehead atoms. The van der Waals surface area contributed by atoms with Crippen molar-refractivity contribution in [3.05, 3.63) is 48.2 Å². The monoisotopic (exact) mass is 186 g/mol. The Bertz CT molecular complexity index is 391. The fourth-order valence-corrected chi connectivity index (χ4v) is 1.08. The molecule has 0 saturated heterocycles. The highest BCUT2D eigenvalue weighted by Gasteiger charge is 1.89. The van der Waals surface area contributed by atoms with E-state index in [0.29, 0.717) is 12.4 Å². The first-order valence-corrected chi connectivity index (χ1v) is 4.36. The number of aromatic nitrogens is 2. The molecule has 0 unspecified atom stereocenters. The lowest BCUT2D eigenvalue weighted by Crippen LogP contribution is -1.77. The number of nitrogens with zero attached hydrogens (tertiary/aromatic N) is 3. The average Bonchev–Trinajstić information content (AvgIpc) is 2.72. The van der Waals surface area contributed by atoms with Crippen LogP contribution < -0.4 is 0 Å². The summed E-state index contributed by atoms with van der Waals surface area (Å²) >= 11 is 0. The SMILES string of the molecule is c1ccc(CN=Nc2cc[nH]n2)cc1. The lowest BCUT2D eigenvalue weighted by Gasteiger charge is -1.91. The molecular formula is C10H10N4. The van der Waals surface area contributed by atoms with E-state index in [2.05, 4.69) is 20.4 Å². The van der Waals surface area contributed by atoms with E-state index in [1.54, 1.807) is 12.3 Å². The molecule has 0 saturated carbocycles. The molecule has 0 radical (unpaired) electrons. The van der Waals surface area contributed by atoms with E-state index in [4.69, 9.17) is 0 Å². The van der Waals surface area contributed by atoms with Gasteiger partial charge in [-0.1, -0.05) is 30.3 Å². The molecule has 0 spiro atoms. The Morgan fingerprint density at radius 2 is 2.00 bits per heavy atom. The van der Waals surface area contributed by atoms with Crippen molar-refractivity contribution in [1.82, 2.24) is 10.2 Å². The predicted molar refractivity (Wildman–Crippen MR) is 53.2 cm³/mol. The van der Waals surface area contributed by atoms with Gasteiger partial charge in [0.25, 0.3) is 0 Å². The maximum absolute atomic E-state index is 4.03. The zero-order valence-corrected chi connectivity index (χ0v) is 7.59. The molecule has 1 heterocycles. The number of aromatic amines is 1. The highest BCUT2D eigenvalue weighted by Crippen LogP contribution is 2.07. The van der Waals surface area contributed by atoms with Gasteiger partial charge < -0.3 is 0 Å². The summed E-state index contributed by atoms with van der Waals surface area (Å²) in [5.41, 5.74) is 1.15. The molecule has 0 aliphatic carbocycles. The van der Waals surface area contributed by atoms with Crippen molar-refractivity contribution in [3.63, 3.8) is 0 Å². The summed E-state index contributed by atoms with van der Waals surface area (Å²) in [6.07, 6.45) is 1.72. The van der Waals surface area contributed by atoms with Gasteiger partial charge in [0, 0.05) is 12.3 Å². The predicted octanol–water partition coefficient (Wildman–Crippen LogP) is 2.69. The standard InChI is InChI=1S/C10H10N4/c1-2-4-9(5-3-1)8-12-14-10-6-7-11-13-10/h1-7H,8H2,(H,11,13). The molecule has 4 nitrogen and oxygen atoms in total. The molecule has 1 N–H and O–H groups in total. The summed E-state index contributed by atoms with van der Waals surface area (Å²) in [6, 6.07) is 11.8. The summed E-state index contributed by atoms with van der Waals surface area (Å²) in [7, 11) is 0. The minimum Gasteiger partial charge on any atom is -0.283 e. The van der Waals surface area contributed by atoms with Crippen LogP contribution in [0.25, 0.3) is 0 Å². The van der Waals surface area contributed by atoms with E-state index in [0.717, 1.165) is 5.56 Å². The van der Waals surface area contributed by atoms with Crippen LogP contribution in [-0.4, -0.2) is 10.2 Å². The van der Waals surface area contributed by atoms with Crippen molar-refractivity contribution in [3.8, 4) is 0 Å². The van der Waals surface area contributed by atoms with E-state index in [1.165, 1.54) is 0 Å². The molecule has 0 amide bonds. The lowest BCUT2D eigenvalue weighted by molar-refractivity contribution is 0.938. The summed E-state index contributed by atoms with van der Waals surface area (Å²) in [5, 5.41) is 14.5. The number of nitrogens with one attached hydrogen (secondary N) is 1. The Labute approximate surface area is 81.7 Å². The Kier molecular flexibility index (Phi) is 2.66. The Balaban J connectivity index is 1.95. The van der Waals surface area contributed by atoms with Gasteiger partial charge in [-0.05, 0) is 5.56 Å². The third-order valence-electron chi connectivity index (χ3n) is 1.76. The van der Waals surface area contributed by atoms with Crippen molar-refractivity contribution >= 4 is 5.82 Å². The number of rotatable bonds is 3. The number of benzene rings is 1. The van der Waals surface area contributed by atoms with Gasteiger partial charge in [-0.25, -0.2) is 0 Å². The zero-order valence-electron chi connectivity index (χ0n) is 7.59. The van der Waals surface area contributed by atoms with Crippen LogP contribution in [0.4, 0.5) is 5.82 Å². The van der Waals surface area contributed by atoms with Crippen LogP contribution in [0.5, 0.6) is 0 Å². The van der Waals surface area contributed by atoms with Crippen LogP contribution in [-0.2, 0) is 6.54 Å². The van der Waals surface area contributed by atoms with E-state index in [-0.39, 0.29) is 0 Å². The smallest absolute Gasteiger partial charge is 0.195 e. The van der Waals surface area contributed by atoms with Crippen LogP contribution >= 0.6 is 0 Å². The normalized spacial score (nSPS) is 10.9. The van der Waals surface area contributed by atoms with Gasteiger partial charge in [0.05, 0.1) is 6.54 Å². The third-order valence-corrected chi connectivity index (χ3v) is 1.76. The number of H-pyrrole nitrogens is 1. The topological polar surface area (TPSA) is 53.4 Å². The van der Waals surface area contributed by atoms with Gasteiger partial charge in [0.1, 0.15) is 0 Å². The maximum atomic E-state index is 4.03. The van der Waals surface area contributed by atoms with Crippen LogP contribution in [0, 0.1) is 0 Å². The van der Waals surface area contributed by atoms with Gasteiger partial charge in [-0.15, -0.1) is 5.11 Å². The van der Waals surface area contributed by atoms with Gasteiger partial charge >= 0.3 is 0 Å². The Morgan fingerprint density at radius 1 is 1.14 bits per heavy atom. The van der Waals surface area contributed by atoms with Crippen LogP contribution in [0.15, 0.2) is 52.8 Å². The first-order valence-electron chi connectivity index (χ1n) is 4.36. The molecular weight excluding hydrogens is 176 g/mol. The summed E-state index contributed by atoms with van der Waals surface area (Å²) < 4.78 is 0. The van der Waals surface area contributed by atoms with Gasteiger partial charge in [-0.2, -0.15) is 10.2 Å². The molecule has 0 fully saturated rings. The molecule has 70 valence electrons. The molecule has 14 heavy (non-hydrogen) atoms. The molecule has 1 aromatic heterocycles. The lowest BCUT2D eigenvalue weighted by atomic mass is 10.2. The minimum absolute atomic E-state index is 0.591. The molecule has 2 aromatic rings. The van der Waals surface area contributed by atoms with Crippen LogP contribution in [0.2, 0.25) is 0 Å². The van der Waals surface area contributed by atoms with Crippen LogP contribution in [0.1, 0.15) is 5.56 Å². The molecule has 0 aliphatic rings. The van der Waals surface area contributed by atoms with Crippen molar-refractivity contribution in [2.24, 2.45) is 10.2 Å². The summed E-state index contributed by atoms with van der Waals surface area (Å²) in [4.78, 5) is 0. The first kappa shape index (κ1) is 8.62. The van der Waals surface area contributed by atoms with Crippen molar-refractivity contribution in [2.75, 3.05) is 0 Å². The maximum Gasteiger partial charge on any atom is 0.195 e. The largest absolute Gasteiger partial charge is 0.283 e. The number of hydrogen-bond acceptors (Lipinski definition) is 3. The van der Waals surface area contributed by atoms with Gasteiger partial charge in [-0.3, -0.25) is 5.10 Å². The van der Waals surface area contributed by atoms with Crippen molar-refractivity contribution in [1.29, 1.82) is 0 Å². The second kappa shape index (κ2) is 4.32. The fourth-order valence-electron chi connectivity index (χ4n) is 1.08. The highest BCUT2D eigenvalue weighted by atomic mass is 15.2. The van der Waals surface area contributed by atoms with E-state index in [1.807, 2.05) is 30.3 Å². The average molecular weight is 186 g/mol. The molecule has 1 aromatic carbocycles. The molecule has 2 rings (SSSR count). The van der Waals surface area contributed by atoms with E-state index < -0.39 is 0 Å². The van der Waals surface area contributed by atoms with Gasteiger partial charge in [0.15, 0.2) is 5.82 Å².